The number of unbranched alkanes of at least 4 members (excludes halogenated alkanes) is 17. The van der Waals surface area contributed by atoms with E-state index in [-0.39, 0.29) is 6.54 Å². The number of nitrogens with one attached hydrogen (secondary N) is 1. The Balaban J connectivity index is 0.00000198. The van der Waals surface area contributed by atoms with Gasteiger partial charge in [0.25, 0.3) is 0 Å². The van der Waals surface area contributed by atoms with Crippen LogP contribution in [0, 0.1) is 0 Å². The maximum Gasteiger partial charge on any atom is 0.303 e. The highest BCUT2D eigenvalue weighted by molar-refractivity contribution is 5.66. The van der Waals surface area contributed by atoms with Crippen LogP contribution in [0.2, 0.25) is 0 Å². The van der Waals surface area contributed by atoms with Crippen molar-refractivity contribution in [2.24, 2.45) is 0 Å². The monoisotopic (exact) mass is 712 g/mol. The third-order valence-corrected chi connectivity index (χ3v) is 8.99. The van der Waals surface area contributed by atoms with Gasteiger partial charge in [0.2, 0.25) is 0 Å². The van der Waals surface area contributed by atoms with E-state index in [9.17, 15) is 45.6 Å². The normalized spacial score (nSPS) is 23.3. The van der Waals surface area contributed by atoms with E-state index >= 15 is 0 Å². The molecule has 1 rings (SSSR count). The number of aliphatic carboxylic acids is 1. The zero-order valence-electron chi connectivity index (χ0n) is 30.4. The smallest absolute Gasteiger partial charge is 0.303 e. The van der Waals surface area contributed by atoms with Crippen molar-refractivity contribution in [2.45, 2.75) is 197 Å². The Kier molecular flexibility index (Phi) is 31.1. The van der Waals surface area contributed by atoms with E-state index in [0.717, 1.165) is 32.1 Å². The van der Waals surface area contributed by atoms with Crippen LogP contribution in [0.15, 0.2) is 0 Å². The molecule has 0 amide bonds. The van der Waals surface area contributed by atoms with Gasteiger partial charge in [0.05, 0.1) is 19.3 Å². The third kappa shape index (κ3) is 23.3. The standard InChI is InChI=1S/C28H57NO10.C8H16O2/c1-2-3-4-5-6-7-8-9-10-11-12-13-14-15-16-29-17-20(32)23(34)27(21(33)18-30)39-28-26(37)25(36)24(35)22(19-31)38-28;1-2-3-4-5-6-7-8(9)10/h20-37H,2-19H2,1H3;2-7H2,1H3,(H,9,10). The predicted octanol–water partition coefficient (Wildman–Crippen LogP) is 2.75. The van der Waals surface area contributed by atoms with Crippen molar-refractivity contribution in [3.8, 4) is 0 Å². The molecule has 1 heterocycles. The van der Waals surface area contributed by atoms with Crippen molar-refractivity contribution in [1.82, 2.24) is 5.32 Å². The molecule has 294 valence electrons. The van der Waals surface area contributed by atoms with E-state index < -0.39 is 74.3 Å². The molecule has 1 aliphatic heterocycles. The molecule has 0 radical (unpaired) electrons. The molecule has 49 heavy (non-hydrogen) atoms. The lowest BCUT2D eigenvalue weighted by Crippen LogP contribution is -2.61. The number of carbonyl (C=O) groups is 1. The molecule has 0 spiro atoms. The molecule has 9 atom stereocenters. The van der Waals surface area contributed by atoms with Gasteiger partial charge in [-0.05, 0) is 19.4 Å². The quantitative estimate of drug-likeness (QED) is 0.0484. The van der Waals surface area contributed by atoms with Gasteiger partial charge in [-0.15, -0.1) is 0 Å². The SMILES string of the molecule is CCCCCCCC(=O)O.CCCCCCCCCCCCCCCCNCC(O)C(O)C(OC1OC(CO)C(O)C(O)C1O)C(O)CO. The van der Waals surface area contributed by atoms with Crippen LogP contribution in [0.5, 0.6) is 0 Å². The minimum atomic E-state index is -1.75. The van der Waals surface area contributed by atoms with E-state index in [1.807, 2.05) is 0 Å². The van der Waals surface area contributed by atoms with Crippen molar-refractivity contribution in [2.75, 3.05) is 26.3 Å². The molecule has 10 N–H and O–H groups in total. The van der Waals surface area contributed by atoms with Crippen LogP contribution < -0.4 is 5.32 Å². The first-order chi connectivity index (χ1) is 23.5. The molecular weight excluding hydrogens is 638 g/mol. The van der Waals surface area contributed by atoms with Gasteiger partial charge < -0.3 is 60.7 Å². The highest BCUT2D eigenvalue weighted by Crippen LogP contribution is 2.25. The first-order valence-electron chi connectivity index (χ1n) is 19.1. The topological polar surface area (TPSA) is 230 Å². The van der Waals surface area contributed by atoms with Crippen molar-refractivity contribution < 1.29 is 60.2 Å². The summed E-state index contributed by atoms with van der Waals surface area (Å²) in [6.45, 7) is 3.56. The average molecular weight is 712 g/mol. The summed E-state index contributed by atoms with van der Waals surface area (Å²) in [5, 5.41) is 91.2. The van der Waals surface area contributed by atoms with Crippen molar-refractivity contribution in [3.63, 3.8) is 0 Å². The van der Waals surface area contributed by atoms with E-state index in [1.54, 1.807) is 0 Å². The van der Waals surface area contributed by atoms with E-state index in [4.69, 9.17) is 14.6 Å². The highest BCUT2D eigenvalue weighted by Gasteiger charge is 2.46. The first-order valence-corrected chi connectivity index (χ1v) is 19.1. The molecule has 13 nitrogen and oxygen atoms in total. The molecule has 1 aliphatic rings. The number of hydrogen-bond donors (Lipinski definition) is 10. The lowest BCUT2D eigenvalue weighted by atomic mass is 9.98. The van der Waals surface area contributed by atoms with E-state index in [1.165, 1.54) is 89.9 Å². The Bertz CT molecular complexity index is 749. The van der Waals surface area contributed by atoms with Crippen LogP contribution >= 0.6 is 0 Å². The lowest BCUT2D eigenvalue weighted by Gasteiger charge is -2.42. The van der Waals surface area contributed by atoms with Gasteiger partial charge in [0.15, 0.2) is 6.29 Å². The summed E-state index contributed by atoms with van der Waals surface area (Å²) in [7, 11) is 0. The first kappa shape index (κ1) is 48.0. The molecular formula is C36H73NO12. The number of aliphatic hydroxyl groups excluding tert-OH is 8. The van der Waals surface area contributed by atoms with Crippen LogP contribution in [0.25, 0.3) is 0 Å². The van der Waals surface area contributed by atoms with Crippen molar-refractivity contribution in [3.05, 3.63) is 0 Å². The molecule has 0 saturated carbocycles. The molecule has 0 aromatic rings. The second-order valence-corrected chi connectivity index (χ2v) is 13.5. The van der Waals surface area contributed by atoms with Crippen LogP contribution in [0.3, 0.4) is 0 Å². The Morgan fingerprint density at radius 2 is 1.14 bits per heavy atom. The Labute approximate surface area is 295 Å². The molecule has 9 unspecified atom stereocenters. The number of rotatable bonds is 30. The van der Waals surface area contributed by atoms with Gasteiger partial charge in [-0.2, -0.15) is 0 Å². The Morgan fingerprint density at radius 3 is 1.59 bits per heavy atom. The number of carboxylic acids is 1. The average Bonchev–Trinajstić information content (AvgIpc) is 3.09. The molecule has 1 saturated heterocycles. The summed E-state index contributed by atoms with van der Waals surface area (Å²) in [4.78, 5) is 10.0. The predicted molar refractivity (Wildman–Crippen MR) is 188 cm³/mol. The van der Waals surface area contributed by atoms with Gasteiger partial charge >= 0.3 is 5.97 Å². The van der Waals surface area contributed by atoms with Gasteiger partial charge in [0, 0.05) is 13.0 Å². The van der Waals surface area contributed by atoms with Crippen molar-refractivity contribution in [1.29, 1.82) is 0 Å². The minimum Gasteiger partial charge on any atom is -0.481 e. The zero-order chi connectivity index (χ0) is 36.9. The molecule has 0 aromatic carbocycles. The number of ether oxygens (including phenoxy) is 2. The van der Waals surface area contributed by atoms with Crippen molar-refractivity contribution >= 4 is 5.97 Å². The fraction of sp³-hybridized carbons (Fsp3) is 0.972. The summed E-state index contributed by atoms with van der Waals surface area (Å²) < 4.78 is 10.7. The minimum absolute atomic E-state index is 0.00625. The Hall–Kier alpha value is -0.970. The number of hydrogen-bond acceptors (Lipinski definition) is 12. The molecule has 0 aliphatic carbocycles. The summed E-state index contributed by atoms with van der Waals surface area (Å²) in [6.07, 6.45) is 9.42. The van der Waals surface area contributed by atoms with E-state index in [0.29, 0.717) is 13.0 Å². The van der Waals surface area contributed by atoms with Crippen LogP contribution in [0.4, 0.5) is 0 Å². The van der Waals surface area contributed by atoms with Crippen LogP contribution in [-0.4, -0.2) is 133 Å². The second-order valence-electron chi connectivity index (χ2n) is 13.5. The van der Waals surface area contributed by atoms with Crippen LogP contribution in [0.1, 0.15) is 142 Å². The fourth-order valence-electron chi connectivity index (χ4n) is 5.75. The zero-order valence-corrected chi connectivity index (χ0v) is 30.4. The van der Waals surface area contributed by atoms with Crippen LogP contribution in [-0.2, 0) is 14.3 Å². The molecule has 1 fully saturated rings. The molecule has 0 aromatic heterocycles. The second kappa shape index (κ2) is 31.7. The van der Waals surface area contributed by atoms with E-state index in [2.05, 4.69) is 19.2 Å². The van der Waals surface area contributed by atoms with Gasteiger partial charge in [-0.3, -0.25) is 4.79 Å². The maximum atomic E-state index is 10.6. The summed E-state index contributed by atoms with van der Waals surface area (Å²) >= 11 is 0. The summed E-state index contributed by atoms with van der Waals surface area (Å²) in [5.41, 5.74) is 0. The van der Waals surface area contributed by atoms with Gasteiger partial charge in [-0.25, -0.2) is 0 Å². The van der Waals surface area contributed by atoms with Gasteiger partial charge in [0.1, 0.15) is 42.7 Å². The highest BCUT2D eigenvalue weighted by atomic mass is 16.7. The largest absolute Gasteiger partial charge is 0.481 e. The Morgan fingerprint density at radius 1 is 0.673 bits per heavy atom. The lowest BCUT2D eigenvalue weighted by molar-refractivity contribution is -0.327. The number of carboxylic acid groups (broad SMARTS) is 1. The maximum absolute atomic E-state index is 10.6. The third-order valence-electron chi connectivity index (χ3n) is 8.99. The number of aliphatic hydroxyl groups is 8. The summed E-state index contributed by atoms with van der Waals surface area (Å²) in [6, 6.07) is 0. The molecule has 13 heteroatoms. The molecule has 0 bridgehead atoms. The fourth-order valence-corrected chi connectivity index (χ4v) is 5.75. The summed E-state index contributed by atoms with van der Waals surface area (Å²) in [5.74, 6) is -0.670. The van der Waals surface area contributed by atoms with Gasteiger partial charge in [-0.1, -0.05) is 123 Å².